The Hall–Kier alpha value is -1.98. The van der Waals surface area contributed by atoms with Crippen LogP contribution in [-0.2, 0) is 4.79 Å². The van der Waals surface area contributed by atoms with E-state index in [4.69, 9.17) is 0 Å². The first-order valence-electron chi connectivity index (χ1n) is 7.75. The van der Waals surface area contributed by atoms with Gasteiger partial charge in [0.15, 0.2) is 0 Å². The van der Waals surface area contributed by atoms with Crippen molar-refractivity contribution in [3.05, 3.63) is 52.4 Å². The van der Waals surface area contributed by atoms with Crippen molar-refractivity contribution < 1.29 is 4.79 Å². The molecule has 0 N–H and O–H groups in total. The molecule has 1 aliphatic heterocycles. The Kier molecular flexibility index (Phi) is 4.56. The first-order chi connectivity index (χ1) is 11.3. The summed E-state index contributed by atoms with van der Waals surface area (Å²) in [6.45, 7) is 6.19. The summed E-state index contributed by atoms with van der Waals surface area (Å²) in [5.41, 5.74) is 0.452. The highest BCUT2D eigenvalue weighted by atomic mass is 32.1. The van der Waals surface area contributed by atoms with E-state index in [1.807, 2.05) is 18.2 Å². The van der Waals surface area contributed by atoms with Gasteiger partial charge in [0, 0.05) is 21.7 Å². The Morgan fingerprint density at radius 3 is 2.58 bits per heavy atom. The Morgan fingerprint density at radius 2 is 1.92 bits per heavy atom. The Morgan fingerprint density at radius 1 is 1.12 bits per heavy atom. The van der Waals surface area contributed by atoms with E-state index in [0.717, 1.165) is 4.88 Å². The summed E-state index contributed by atoms with van der Waals surface area (Å²) in [6.07, 6.45) is 5.85. The molecule has 24 heavy (non-hydrogen) atoms. The summed E-state index contributed by atoms with van der Waals surface area (Å²) in [5, 5.41) is 2.08. The van der Waals surface area contributed by atoms with Gasteiger partial charge in [-0.25, -0.2) is 4.99 Å². The van der Waals surface area contributed by atoms with Gasteiger partial charge < -0.3 is 0 Å². The van der Waals surface area contributed by atoms with Gasteiger partial charge in [-0.05, 0) is 47.2 Å². The van der Waals surface area contributed by atoms with Crippen LogP contribution >= 0.6 is 22.7 Å². The zero-order valence-electron chi connectivity index (χ0n) is 14.2. The minimum absolute atomic E-state index is 0.0463. The van der Waals surface area contributed by atoms with Gasteiger partial charge in [-0.1, -0.05) is 26.8 Å². The molecule has 1 amide bonds. The molecule has 2 aromatic heterocycles. The van der Waals surface area contributed by atoms with Gasteiger partial charge in [0.25, 0.3) is 5.91 Å². The fourth-order valence-electron chi connectivity index (χ4n) is 2.33. The molecular formula is C19H20N2OS2. The van der Waals surface area contributed by atoms with E-state index in [0.29, 0.717) is 11.5 Å². The molecular weight excluding hydrogens is 336 g/mol. The van der Waals surface area contributed by atoms with Crippen molar-refractivity contribution in [1.29, 1.82) is 0 Å². The molecule has 0 fully saturated rings. The molecule has 2 aromatic rings. The summed E-state index contributed by atoms with van der Waals surface area (Å²) in [5.74, 6) is 0.636. The smallest absolute Gasteiger partial charge is 0.277 e. The zero-order valence-corrected chi connectivity index (χ0v) is 15.9. The molecule has 0 radical (unpaired) electrons. The second kappa shape index (κ2) is 6.49. The molecule has 0 aliphatic carbocycles. The largest absolute Gasteiger partial charge is 0.294 e. The normalized spacial score (nSPS) is 17.3. The SMILES string of the molecule is CN1C(=O)/C(=C/C(C)(C)C)N=C1/C=C/c1ccc(-c2cccs2)s1. The highest BCUT2D eigenvalue weighted by Gasteiger charge is 2.26. The van der Waals surface area contributed by atoms with Crippen molar-refractivity contribution in [2.75, 3.05) is 7.05 Å². The minimum Gasteiger partial charge on any atom is -0.294 e. The predicted molar refractivity (Wildman–Crippen MR) is 104 cm³/mol. The third kappa shape index (κ3) is 3.74. The van der Waals surface area contributed by atoms with Crippen LogP contribution in [0.3, 0.4) is 0 Å². The second-order valence-electron chi connectivity index (χ2n) is 6.74. The monoisotopic (exact) mass is 356 g/mol. The van der Waals surface area contributed by atoms with E-state index in [1.165, 1.54) is 9.75 Å². The van der Waals surface area contributed by atoms with Gasteiger partial charge in [-0.15, -0.1) is 22.7 Å². The van der Waals surface area contributed by atoms with Crippen LogP contribution in [0.5, 0.6) is 0 Å². The van der Waals surface area contributed by atoms with E-state index in [2.05, 4.69) is 55.4 Å². The van der Waals surface area contributed by atoms with Crippen LogP contribution in [0.4, 0.5) is 0 Å². The lowest BCUT2D eigenvalue weighted by Crippen LogP contribution is -2.26. The lowest BCUT2D eigenvalue weighted by molar-refractivity contribution is -0.121. The molecule has 3 rings (SSSR count). The average Bonchev–Trinajstić information content (AvgIpc) is 3.21. The van der Waals surface area contributed by atoms with E-state index in [-0.39, 0.29) is 11.3 Å². The molecule has 0 aromatic carbocycles. The van der Waals surface area contributed by atoms with Crippen molar-refractivity contribution in [3.8, 4) is 9.75 Å². The summed E-state index contributed by atoms with van der Waals surface area (Å²) < 4.78 is 0. The Bertz CT molecular complexity index is 833. The molecule has 0 saturated carbocycles. The minimum atomic E-state index is -0.0716. The number of nitrogens with zero attached hydrogens (tertiary/aromatic N) is 2. The lowest BCUT2D eigenvalue weighted by Gasteiger charge is -2.12. The van der Waals surface area contributed by atoms with Gasteiger partial charge in [0.1, 0.15) is 11.5 Å². The maximum atomic E-state index is 12.3. The van der Waals surface area contributed by atoms with Crippen LogP contribution in [0.1, 0.15) is 25.6 Å². The maximum Gasteiger partial charge on any atom is 0.277 e. The zero-order chi connectivity index (χ0) is 17.3. The van der Waals surface area contributed by atoms with Gasteiger partial charge in [0.2, 0.25) is 0 Å². The van der Waals surface area contributed by atoms with Crippen molar-refractivity contribution in [1.82, 2.24) is 4.90 Å². The molecule has 0 atom stereocenters. The quantitative estimate of drug-likeness (QED) is 0.688. The molecule has 1 aliphatic rings. The number of carbonyl (C=O) groups excluding carboxylic acids is 1. The van der Waals surface area contributed by atoms with Crippen LogP contribution in [0.25, 0.3) is 15.8 Å². The number of thiophene rings is 2. The number of allylic oxidation sites excluding steroid dienone is 1. The molecule has 3 nitrogen and oxygen atoms in total. The molecule has 5 heteroatoms. The average molecular weight is 357 g/mol. The van der Waals surface area contributed by atoms with Crippen molar-refractivity contribution in [2.45, 2.75) is 20.8 Å². The maximum absolute atomic E-state index is 12.3. The van der Waals surface area contributed by atoms with Gasteiger partial charge >= 0.3 is 0 Å². The van der Waals surface area contributed by atoms with Crippen LogP contribution in [0, 0.1) is 5.41 Å². The van der Waals surface area contributed by atoms with Gasteiger partial charge in [-0.3, -0.25) is 9.69 Å². The molecule has 3 heterocycles. The van der Waals surface area contributed by atoms with E-state index >= 15 is 0 Å². The molecule has 0 spiro atoms. The number of amides is 1. The fourth-order valence-corrected chi connectivity index (χ4v) is 4.07. The van der Waals surface area contributed by atoms with Crippen LogP contribution in [-0.4, -0.2) is 23.7 Å². The standard InChI is InChI=1S/C19H20N2OS2/c1-19(2,3)12-14-18(22)21(4)17(20-14)10-8-13-7-9-16(24-13)15-6-5-11-23-15/h5-12H,1-4H3/b10-8+,14-12-. The number of rotatable bonds is 3. The van der Waals surface area contributed by atoms with E-state index < -0.39 is 0 Å². The number of hydrogen-bond acceptors (Lipinski definition) is 4. The highest BCUT2D eigenvalue weighted by Crippen LogP contribution is 2.32. The topological polar surface area (TPSA) is 32.7 Å². The molecule has 0 saturated heterocycles. The summed E-state index contributed by atoms with van der Waals surface area (Å²) in [7, 11) is 1.76. The first kappa shape index (κ1) is 16.9. The van der Waals surface area contributed by atoms with Crippen molar-refractivity contribution in [2.24, 2.45) is 10.4 Å². The summed E-state index contributed by atoms with van der Waals surface area (Å²) in [4.78, 5) is 22.0. The highest BCUT2D eigenvalue weighted by molar-refractivity contribution is 7.21. The summed E-state index contributed by atoms with van der Waals surface area (Å²) in [6, 6.07) is 8.42. The van der Waals surface area contributed by atoms with Gasteiger partial charge in [0.05, 0.1) is 0 Å². The summed E-state index contributed by atoms with van der Waals surface area (Å²) >= 11 is 3.48. The molecule has 0 unspecified atom stereocenters. The van der Waals surface area contributed by atoms with Crippen molar-refractivity contribution in [3.63, 3.8) is 0 Å². The van der Waals surface area contributed by atoms with E-state index in [1.54, 1.807) is 34.6 Å². The number of hydrogen-bond donors (Lipinski definition) is 0. The number of carbonyl (C=O) groups is 1. The second-order valence-corrected chi connectivity index (χ2v) is 8.81. The van der Waals surface area contributed by atoms with Crippen LogP contribution < -0.4 is 0 Å². The number of likely N-dealkylation sites (N-methyl/N-ethyl adjacent to an activating group) is 1. The van der Waals surface area contributed by atoms with Crippen molar-refractivity contribution >= 4 is 40.5 Å². The lowest BCUT2D eigenvalue weighted by atomic mass is 9.95. The molecule has 124 valence electrons. The van der Waals surface area contributed by atoms with Crippen LogP contribution in [0.2, 0.25) is 0 Å². The van der Waals surface area contributed by atoms with Crippen LogP contribution in [0.15, 0.2) is 52.5 Å². The Balaban J connectivity index is 1.80. The number of amidine groups is 1. The fraction of sp³-hybridized carbons (Fsp3) is 0.263. The van der Waals surface area contributed by atoms with Gasteiger partial charge in [-0.2, -0.15) is 0 Å². The third-order valence-electron chi connectivity index (χ3n) is 3.46. The van der Waals surface area contributed by atoms with E-state index in [9.17, 15) is 4.79 Å². The predicted octanol–water partition coefficient (Wildman–Crippen LogP) is 5.29. The third-order valence-corrected chi connectivity index (χ3v) is 5.58. The number of aliphatic imine (C=N–C) groups is 1. The first-order valence-corrected chi connectivity index (χ1v) is 9.44. The Labute approximate surface area is 150 Å². The molecule has 0 bridgehead atoms.